The number of nitrogens with one attached hydrogen (secondary N) is 1. The number of rotatable bonds is 6. The van der Waals surface area contributed by atoms with Crippen molar-refractivity contribution < 1.29 is 9.53 Å². The first kappa shape index (κ1) is 16.4. The summed E-state index contributed by atoms with van der Waals surface area (Å²) in [5.41, 5.74) is 1.00. The maximum atomic E-state index is 11.3. The van der Waals surface area contributed by atoms with E-state index in [0.717, 1.165) is 18.4 Å². The lowest BCUT2D eigenvalue weighted by atomic mass is 10.1. The van der Waals surface area contributed by atoms with Crippen molar-refractivity contribution in [3.63, 3.8) is 0 Å². The molecule has 0 unspecified atom stereocenters. The average molecular weight is 252 g/mol. The van der Waals surface area contributed by atoms with E-state index in [1.54, 1.807) is 0 Å². The van der Waals surface area contributed by atoms with Crippen molar-refractivity contribution in [1.29, 1.82) is 0 Å². The quantitative estimate of drug-likeness (QED) is 0.761. The fraction of sp³-hybridized carbons (Fsp3) is 0.500. The van der Waals surface area contributed by atoms with Crippen molar-refractivity contribution in [2.24, 2.45) is 5.92 Å². The van der Waals surface area contributed by atoms with Crippen LogP contribution in [0, 0.1) is 5.92 Å². The van der Waals surface area contributed by atoms with Crippen LogP contribution >= 0.6 is 0 Å². The van der Waals surface area contributed by atoms with Crippen LogP contribution in [0.25, 0.3) is 0 Å². The summed E-state index contributed by atoms with van der Waals surface area (Å²) in [5, 5.41) is 2.75. The predicted octanol–water partition coefficient (Wildman–Crippen LogP) is 3.51. The summed E-state index contributed by atoms with van der Waals surface area (Å²) in [7, 11) is 0. The second kappa shape index (κ2) is 9.48. The highest BCUT2D eigenvalue weighted by molar-refractivity contribution is 5.67. The van der Waals surface area contributed by atoms with Crippen molar-refractivity contribution in [1.82, 2.24) is 11.5 Å². The number of ether oxygens (including phenoxy) is 1. The van der Waals surface area contributed by atoms with Crippen LogP contribution in [0.4, 0.5) is 4.79 Å². The van der Waals surface area contributed by atoms with Crippen molar-refractivity contribution in [2.45, 2.75) is 33.3 Å². The van der Waals surface area contributed by atoms with Crippen molar-refractivity contribution >= 4 is 6.09 Å². The Hall–Kier alpha value is -1.55. The van der Waals surface area contributed by atoms with Crippen molar-refractivity contribution in [3.8, 4) is 0 Å². The molecule has 4 heteroatoms. The molecule has 0 fully saturated rings. The molecule has 102 valence electrons. The molecule has 0 saturated carbocycles. The molecule has 4 nitrogen and oxygen atoms in total. The van der Waals surface area contributed by atoms with Crippen LogP contribution in [0.2, 0.25) is 0 Å². The molecule has 1 amide bonds. The lowest BCUT2D eigenvalue weighted by Crippen LogP contribution is -2.25. The third-order valence-corrected chi connectivity index (χ3v) is 2.44. The number of carbonyl (C=O) groups is 1. The number of benzene rings is 1. The fourth-order valence-corrected chi connectivity index (χ4v) is 1.47. The molecule has 0 aliphatic carbocycles. The van der Waals surface area contributed by atoms with E-state index in [1.165, 1.54) is 0 Å². The minimum absolute atomic E-state index is 0. The van der Waals surface area contributed by atoms with Crippen LogP contribution in [0.15, 0.2) is 30.3 Å². The van der Waals surface area contributed by atoms with Gasteiger partial charge in [-0.05, 0) is 24.3 Å². The molecule has 0 bridgehead atoms. The molecule has 0 aliphatic rings. The van der Waals surface area contributed by atoms with E-state index in [4.69, 9.17) is 4.74 Å². The van der Waals surface area contributed by atoms with Gasteiger partial charge < -0.3 is 16.2 Å². The summed E-state index contributed by atoms with van der Waals surface area (Å²) in [6.45, 7) is 5.37. The van der Waals surface area contributed by atoms with Crippen LogP contribution in [-0.2, 0) is 11.3 Å². The smallest absolute Gasteiger partial charge is 0.407 e. The lowest BCUT2D eigenvalue weighted by Gasteiger charge is -2.08. The molecule has 0 atom stereocenters. The van der Waals surface area contributed by atoms with Gasteiger partial charge >= 0.3 is 6.09 Å². The average Bonchev–Trinajstić information content (AvgIpc) is 2.33. The largest absolute Gasteiger partial charge is 0.445 e. The predicted molar refractivity (Wildman–Crippen MR) is 73.7 cm³/mol. The second-order valence-corrected chi connectivity index (χ2v) is 4.52. The summed E-state index contributed by atoms with van der Waals surface area (Å²) in [6.07, 6.45) is 1.79. The summed E-state index contributed by atoms with van der Waals surface area (Å²) in [5.74, 6) is 0.678. The van der Waals surface area contributed by atoms with E-state index in [2.05, 4.69) is 19.2 Å². The number of amides is 1. The number of hydrogen-bond acceptors (Lipinski definition) is 3. The zero-order chi connectivity index (χ0) is 12.5. The normalized spacial score (nSPS) is 9.72. The molecular weight excluding hydrogens is 228 g/mol. The summed E-state index contributed by atoms with van der Waals surface area (Å²) in [4.78, 5) is 11.3. The van der Waals surface area contributed by atoms with Gasteiger partial charge in [-0.2, -0.15) is 0 Å². The van der Waals surface area contributed by atoms with Crippen molar-refractivity contribution in [3.05, 3.63) is 35.9 Å². The summed E-state index contributed by atoms with van der Waals surface area (Å²) in [6, 6.07) is 9.67. The second-order valence-electron chi connectivity index (χ2n) is 4.52. The third-order valence-electron chi connectivity index (χ3n) is 2.44. The first-order valence-corrected chi connectivity index (χ1v) is 6.13. The summed E-state index contributed by atoms with van der Waals surface area (Å²) >= 11 is 0. The Bertz CT molecular complexity index is 326. The molecule has 0 aromatic heterocycles. The van der Waals surface area contributed by atoms with Crippen LogP contribution in [0.1, 0.15) is 32.3 Å². The molecule has 1 rings (SSSR count). The minimum atomic E-state index is -0.336. The fourth-order valence-electron chi connectivity index (χ4n) is 1.47. The first-order valence-electron chi connectivity index (χ1n) is 6.13. The van der Waals surface area contributed by atoms with E-state index >= 15 is 0 Å². The molecule has 0 saturated heterocycles. The van der Waals surface area contributed by atoms with Gasteiger partial charge in [0.05, 0.1) is 0 Å². The Morgan fingerprint density at radius 2 is 1.94 bits per heavy atom. The van der Waals surface area contributed by atoms with Gasteiger partial charge in [-0.1, -0.05) is 44.2 Å². The van der Waals surface area contributed by atoms with Gasteiger partial charge in [-0.15, -0.1) is 0 Å². The van der Waals surface area contributed by atoms with Gasteiger partial charge in [0.2, 0.25) is 0 Å². The summed E-state index contributed by atoms with van der Waals surface area (Å²) < 4.78 is 5.09. The maximum Gasteiger partial charge on any atom is 0.407 e. The molecule has 0 radical (unpaired) electrons. The maximum absolute atomic E-state index is 11.3. The standard InChI is InChI=1S/C14H21NO2.H3N/c1-12(2)7-6-10-15-14(16)17-11-13-8-4-3-5-9-13;/h3-5,8-9,12H,6-7,10-11H2,1-2H3,(H,15,16);1H3. The van der Waals surface area contributed by atoms with E-state index in [0.29, 0.717) is 19.1 Å². The lowest BCUT2D eigenvalue weighted by molar-refractivity contribution is 0.139. The molecule has 0 heterocycles. The van der Waals surface area contributed by atoms with Gasteiger partial charge in [0, 0.05) is 6.54 Å². The molecule has 18 heavy (non-hydrogen) atoms. The van der Waals surface area contributed by atoms with Gasteiger partial charge in [0.15, 0.2) is 0 Å². The third kappa shape index (κ3) is 7.68. The number of alkyl carbamates (subject to hydrolysis) is 1. The molecule has 1 aromatic rings. The Kier molecular flexibility index (Phi) is 8.66. The molecular formula is C14H24N2O2. The van der Waals surface area contributed by atoms with Gasteiger partial charge in [-0.3, -0.25) is 0 Å². The van der Waals surface area contributed by atoms with Crippen LogP contribution < -0.4 is 11.5 Å². The zero-order valence-electron chi connectivity index (χ0n) is 11.3. The molecule has 0 spiro atoms. The SMILES string of the molecule is CC(C)CCCNC(=O)OCc1ccccc1.N. The Morgan fingerprint density at radius 3 is 2.56 bits per heavy atom. The van der Waals surface area contributed by atoms with Crippen LogP contribution in [-0.4, -0.2) is 12.6 Å². The van der Waals surface area contributed by atoms with Crippen LogP contribution in [0.3, 0.4) is 0 Å². The van der Waals surface area contributed by atoms with Crippen molar-refractivity contribution in [2.75, 3.05) is 6.54 Å². The highest BCUT2D eigenvalue weighted by Crippen LogP contribution is 2.02. The Morgan fingerprint density at radius 1 is 1.28 bits per heavy atom. The van der Waals surface area contributed by atoms with Gasteiger partial charge in [0.1, 0.15) is 6.61 Å². The monoisotopic (exact) mass is 252 g/mol. The topological polar surface area (TPSA) is 73.3 Å². The Balaban J connectivity index is 0.00000289. The van der Waals surface area contributed by atoms with Gasteiger partial charge in [-0.25, -0.2) is 4.79 Å². The number of carbonyl (C=O) groups excluding carboxylic acids is 1. The van der Waals surface area contributed by atoms with E-state index < -0.39 is 0 Å². The molecule has 4 N–H and O–H groups in total. The highest BCUT2D eigenvalue weighted by atomic mass is 16.5. The molecule has 1 aromatic carbocycles. The number of hydrogen-bond donors (Lipinski definition) is 2. The zero-order valence-corrected chi connectivity index (χ0v) is 11.3. The highest BCUT2D eigenvalue weighted by Gasteiger charge is 2.01. The minimum Gasteiger partial charge on any atom is -0.445 e. The van der Waals surface area contributed by atoms with E-state index in [9.17, 15) is 4.79 Å². The van der Waals surface area contributed by atoms with Crippen LogP contribution in [0.5, 0.6) is 0 Å². The van der Waals surface area contributed by atoms with E-state index in [-0.39, 0.29) is 12.2 Å². The molecule has 0 aliphatic heterocycles. The van der Waals surface area contributed by atoms with Gasteiger partial charge in [0.25, 0.3) is 0 Å². The van der Waals surface area contributed by atoms with E-state index in [1.807, 2.05) is 30.3 Å². The first-order chi connectivity index (χ1) is 8.18. The Labute approximate surface area is 109 Å².